The third-order valence-electron chi connectivity index (χ3n) is 1.83. The van der Waals surface area contributed by atoms with E-state index in [2.05, 4.69) is 0 Å². The van der Waals surface area contributed by atoms with Crippen LogP contribution in [0.15, 0.2) is 24.3 Å². The van der Waals surface area contributed by atoms with E-state index in [1.807, 2.05) is 6.07 Å². The summed E-state index contributed by atoms with van der Waals surface area (Å²) in [6.45, 7) is 0. The third-order valence-corrected chi connectivity index (χ3v) is 1.83. The monoisotopic (exact) mass is 188 g/mol. The van der Waals surface area contributed by atoms with E-state index in [-0.39, 0.29) is 11.1 Å². The number of rotatable bonds is 2. The predicted molar refractivity (Wildman–Crippen MR) is 47.7 cm³/mol. The van der Waals surface area contributed by atoms with Crippen molar-refractivity contribution < 1.29 is 10.2 Å². The number of hydrogen-bond donors (Lipinski definition) is 2. The maximum absolute atomic E-state index is 9.48. The summed E-state index contributed by atoms with van der Waals surface area (Å²) in [5.74, 6) is 0. The second kappa shape index (κ2) is 4.38. The maximum atomic E-state index is 9.48. The molecule has 0 aromatic heterocycles. The van der Waals surface area contributed by atoms with E-state index in [0.717, 1.165) is 0 Å². The Hall–Kier alpha value is -1.88. The lowest BCUT2D eigenvalue weighted by atomic mass is 10.00. The summed E-state index contributed by atoms with van der Waals surface area (Å²) in [4.78, 5) is 0. The lowest BCUT2D eigenvalue weighted by molar-refractivity contribution is 0.0526. The molecular weight excluding hydrogens is 180 g/mol. The molecule has 2 atom stereocenters. The second-order valence-corrected chi connectivity index (χ2v) is 2.72. The summed E-state index contributed by atoms with van der Waals surface area (Å²) in [5, 5.41) is 35.6. The summed E-state index contributed by atoms with van der Waals surface area (Å²) in [7, 11) is 0. The molecule has 0 aliphatic heterocycles. The number of benzene rings is 1. The van der Waals surface area contributed by atoms with Crippen LogP contribution in [-0.4, -0.2) is 16.3 Å². The van der Waals surface area contributed by atoms with Gasteiger partial charge in [-0.3, -0.25) is 0 Å². The number of nitriles is 2. The molecule has 0 aliphatic carbocycles. The molecule has 4 nitrogen and oxygen atoms in total. The summed E-state index contributed by atoms with van der Waals surface area (Å²) < 4.78 is 0. The molecule has 14 heavy (non-hydrogen) atoms. The topological polar surface area (TPSA) is 88.0 Å². The van der Waals surface area contributed by atoms with Crippen LogP contribution in [-0.2, 0) is 0 Å². The van der Waals surface area contributed by atoms with Crippen molar-refractivity contribution in [2.45, 2.75) is 12.2 Å². The zero-order valence-corrected chi connectivity index (χ0v) is 7.25. The van der Waals surface area contributed by atoms with Crippen LogP contribution in [0.4, 0.5) is 0 Å². The van der Waals surface area contributed by atoms with Gasteiger partial charge in [-0.25, -0.2) is 0 Å². The van der Waals surface area contributed by atoms with E-state index in [0.29, 0.717) is 0 Å². The van der Waals surface area contributed by atoms with Crippen LogP contribution in [0.5, 0.6) is 0 Å². The average molecular weight is 188 g/mol. The molecule has 0 amide bonds. The molecule has 1 aromatic rings. The Balaban J connectivity index is 3.08. The molecule has 0 fully saturated rings. The van der Waals surface area contributed by atoms with Gasteiger partial charge in [-0.15, -0.1) is 0 Å². The average Bonchev–Trinajstić information content (AvgIpc) is 2.26. The van der Waals surface area contributed by atoms with E-state index in [1.165, 1.54) is 18.2 Å². The minimum absolute atomic E-state index is 0.259. The van der Waals surface area contributed by atoms with Gasteiger partial charge in [0.2, 0.25) is 0 Å². The molecule has 0 heterocycles. The highest BCUT2D eigenvalue weighted by atomic mass is 16.3. The van der Waals surface area contributed by atoms with Crippen molar-refractivity contribution in [1.29, 1.82) is 10.5 Å². The first-order chi connectivity index (χ1) is 6.70. The van der Waals surface area contributed by atoms with E-state index >= 15 is 0 Å². The Morgan fingerprint density at radius 3 is 2.36 bits per heavy atom. The molecule has 1 rings (SSSR count). The molecule has 70 valence electrons. The quantitative estimate of drug-likeness (QED) is 0.660. The highest BCUT2D eigenvalue weighted by molar-refractivity contribution is 5.39. The maximum Gasteiger partial charge on any atom is 0.170 e. The van der Waals surface area contributed by atoms with Gasteiger partial charge < -0.3 is 10.2 Å². The summed E-state index contributed by atoms with van der Waals surface area (Å²) in [6, 6.07) is 9.68. The van der Waals surface area contributed by atoms with Gasteiger partial charge >= 0.3 is 0 Å². The molecule has 0 spiro atoms. The van der Waals surface area contributed by atoms with Crippen LogP contribution < -0.4 is 0 Å². The first kappa shape index (κ1) is 10.2. The lowest BCUT2D eigenvalue weighted by Gasteiger charge is -2.12. The predicted octanol–water partition coefficient (Wildman–Crippen LogP) is 0.476. The van der Waals surface area contributed by atoms with Crippen LogP contribution in [0.1, 0.15) is 17.2 Å². The summed E-state index contributed by atoms with van der Waals surface area (Å²) in [6.07, 6.45) is -2.85. The fourth-order valence-electron chi connectivity index (χ4n) is 1.10. The SMILES string of the molecule is N#Cc1ccccc1C(O)C(O)C#N. The Kier molecular flexibility index (Phi) is 3.19. The molecule has 0 bridgehead atoms. The molecule has 1 aromatic carbocycles. The van der Waals surface area contributed by atoms with Crippen molar-refractivity contribution in [1.82, 2.24) is 0 Å². The van der Waals surface area contributed by atoms with Gasteiger partial charge in [0.1, 0.15) is 6.10 Å². The van der Waals surface area contributed by atoms with E-state index in [4.69, 9.17) is 15.6 Å². The van der Waals surface area contributed by atoms with Crippen LogP contribution >= 0.6 is 0 Å². The Morgan fingerprint density at radius 2 is 1.79 bits per heavy atom. The molecular formula is C10H8N2O2. The van der Waals surface area contributed by atoms with Gasteiger partial charge in [-0.2, -0.15) is 10.5 Å². The highest BCUT2D eigenvalue weighted by Gasteiger charge is 2.19. The standard InChI is InChI=1S/C10H8N2O2/c11-5-7-3-1-2-4-8(7)10(14)9(13)6-12/h1-4,9-10,13-14H. The molecule has 0 saturated carbocycles. The van der Waals surface area contributed by atoms with Gasteiger partial charge in [0.25, 0.3) is 0 Å². The zero-order chi connectivity index (χ0) is 10.6. The van der Waals surface area contributed by atoms with Crippen LogP contribution in [0.25, 0.3) is 0 Å². The van der Waals surface area contributed by atoms with Gasteiger partial charge in [-0.05, 0) is 6.07 Å². The van der Waals surface area contributed by atoms with Crippen LogP contribution in [0.3, 0.4) is 0 Å². The van der Waals surface area contributed by atoms with Gasteiger partial charge in [-0.1, -0.05) is 18.2 Å². The molecule has 2 N–H and O–H groups in total. The van der Waals surface area contributed by atoms with E-state index in [1.54, 1.807) is 12.1 Å². The highest BCUT2D eigenvalue weighted by Crippen LogP contribution is 2.19. The van der Waals surface area contributed by atoms with Gasteiger partial charge in [0.05, 0.1) is 17.7 Å². The molecule has 0 saturated heterocycles. The van der Waals surface area contributed by atoms with E-state index < -0.39 is 12.2 Å². The van der Waals surface area contributed by atoms with Crippen molar-refractivity contribution in [2.24, 2.45) is 0 Å². The molecule has 0 aliphatic rings. The minimum Gasteiger partial charge on any atom is -0.385 e. The Bertz CT molecular complexity index is 403. The number of aliphatic hydroxyl groups is 2. The number of hydrogen-bond acceptors (Lipinski definition) is 4. The van der Waals surface area contributed by atoms with Crippen molar-refractivity contribution in [3.05, 3.63) is 35.4 Å². The number of aliphatic hydroxyl groups excluding tert-OH is 2. The van der Waals surface area contributed by atoms with Crippen molar-refractivity contribution in [3.8, 4) is 12.1 Å². The normalized spacial score (nSPS) is 13.7. The molecule has 4 heteroatoms. The second-order valence-electron chi connectivity index (χ2n) is 2.72. The fraction of sp³-hybridized carbons (Fsp3) is 0.200. The lowest BCUT2D eigenvalue weighted by Crippen LogP contribution is -2.16. The largest absolute Gasteiger partial charge is 0.385 e. The van der Waals surface area contributed by atoms with Crippen LogP contribution in [0.2, 0.25) is 0 Å². The summed E-state index contributed by atoms with van der Waals surface area (Å²) >= 11 is 0. The van der Waals surface area contributed by atoms with Gasteiger partial charge in [0.15, 0.2) is 6.10 Å². The minimum atomic E-state index is -1.51. The smallest absolute Gasteiger partial charge is 0.170 e. The summed E-state index contributed by atoms with van der Waals surface area (Å²) in [5.41, 5.74) is 0.526. The first-order valence-corrected chi connectivity index (χ1v) is 3.95. The zero-order valence-electron chi connectivity index (χ0n) is 7.25. The molecule has 0 radical (unpaired) electrons. The van der Waals surface area contributed by atoms with Gasteiger partial charge in [0, 0.05) is 5.56 Å². The fourth-order valence-corrected chi connectivity index (χ4v) is 1.10. The number of nitrogens with zero attached hydrogens (tertiary/aromatic N) is 2. The first-order valence-electron chi connectivity index (χ1n) is 3.95. The third kappa shape index (κ3) is 1.89. The van der Waals surface area contributed by atoms with Crippen molar-refractivity contribution >= 4 is 0 Å². The van der Waals surface area contributed by atoms with E-state index in [9.17, 15) is 5.11 Å². The van der Waals surface area contributed by atoms with Crippen LogP contribution in [0, 0.1) is 22.7 Å². The molecule has 2 unspecified atom stereocenters. The van der Waals surface area contributed by atoms with Crippen molar-refractivity contribution in [3.63, 3.8) is 0 Å². The van der Waals surface area contributed by atoms with Crippen molar-refractivity contribution in [2.75, 3.05) is 0 Å². The Labute approximate surface area is 81.3 Å². The Morgan fingerprint density at radius 1 is 1.14 bits per heavy atom.